The highest BCUT2D eigenvalue weighted by molar-refractivity contribution is 6.30. The van der Waals surface area contributed by atoms with Crippen LogP contribution in [-0.2, 0) is 6.42 Å². The van der Waals surface area contributed by atoms with Gasteiger partial charge in [0.1, 0.15) is 17.4 Å². The summed E-state index contributed by atoms with van der Waals surface area (Å²) in [7, 11) is 0. The van der Waals surface area contributed by atoms with Crippen LogP contribution in [-0.4, -0.2) is 21.5 Å². The van der Waals surface area contributed by atoms with Crippen LogP contribution in [0.2, 0.25) is 5.02 Å². The molecule has 106 valence electrons. The maximum Gasteiger partial charge on any atom is 0.227 e. The third-order valence-corrected chi connectivity index (χ3v) is 2.91. The molecule has 0 bridgehead atoms. The molecule has 0 spiro atoms. The van der Waals surface area contributed by atoms with Crippen LogP contribution in [0.5, 0.6) is 11.6 Å². The Morgan fingerprint density at radius 3 is 2.70 bits per heavy atom. The van der Waals surface area contributed by atoms with Crippen molar-refractivity contribution in [1.29, 1.82) is 0 Å². The van der Waals surface area contributed by atoms with Gasteiger partial charge in [-0.25, -0.2) is 4.98 Å². The van der Waals surface area contributed by atoms with E-state index in [0.29, 0.717) is 16.7 Å². The number of rotatable bonds is 5. The Morgan fingerprint density at radius 1 is 1.25 bits per heavy atom. The SMILES string of the molecule is CCNc1nc(CC)nc(Oc2cncc(Cl)c2)c1C. The summed E-state index contributed by atoms with van der Waals surface area (Å²) in [6.45, 7) is 6.74. The Bertz CT molecular complexity index is 604. The first-order chi connectivity index (χ1) is 9.63. The Hall–Kier alpha value is -1.88. The van der Waals surface area contributed by atoms with E-state index in [-0.39, 0.29) is 0 Å². The van der Waals surface area contributed by atoms with Crippen molar-refractivity contribution in [3.8, 4) is 11.6 Å². The van der Waals surface area contributed by atoms with Crippen molar-refractivity contribution >= 4 is 17.4 Å². The third kappa shape index (κ3) is 3.36. The Labute approximate surface area is 123 Å². The number of ether oxygens (including phenoxy) is 1. The van der Waals surface area contributed by atoms with Crippen LogP contribution in [0, 0.1) is 6.92 Å². The van der Waals surface area contributed by atoms with Crippen molar-refractivity contribution in [2.75, 3.05) is 11.9 Å². The molecule has 0 saturated heterocycles. The summed E-state index contributed by atoms with van der Waals surface area (Å²) in [6, 6.07) is 1.70. The van der Waals surface area contributed by atoms with E-state index in [1.807, 2.05) is 20.8 Å². The third-order valence-electron chi connectivity index (χ3n) is 2.70. The largest absolute Gasteiger partial charge is 0.437 e. The fraction of sp³-hybridized carbons (Fsp3) is 0.357. The summed E-state index contributed by atoms with van der Waals surface area (Å²) < 4.78 is 5.78. The van der Waals surface area contributed by atoms with Crippen LogP contribution in [0.4, 0.5) is 5.82 Å². The quantitative estimate of drug-likeness (QED) is 0.912. The number of pyridine rings is 1. The van der Waals surface area contributed by atoms with Crippen LogP contribution in [0.15, 0.2) is 18.5 Å². The fourth-order valence-electron chi connectivity index (χ4n) is 1.70. The number of aromatic nitrogens is 3. The van der Waals surface area contributed by atoms with Gasteiger partial charge in [-0.05, 0) is 13.8 Å². The Balaban J connectivity index is 2.37. The summed E-state index contributed by atoms with van der Waals surface area (Å²) in [4.78, 5) is 12.9. The maximum absolute atomic E-state index is 5.90. The van der Waals surface area contributed by atoms with Crippen molar-refractivity contribution < 1.29 is 4.74 Å². The van der Waals surface area contributed by atoms with E-state index in [4.69, 9.17) is 16.3 Å². The number of anilines is 1. The average Bonchev–Trinajstić information content (AvgIpc) is 2.43. The second-order valence-corrected chi connectivity index (χ2v) is 4.68. The number of aryl methyl sites for hydroxylation is 1. The van der Waals surface area contributed by atoms with Gasteiger partial charge in [-0.3, -0.25) is 4.98 Å². The van der Waals surface area contributed by atoms with Gasteiger partial charge in [-0.2, -0.15) is 4.98 Å². The minimum Gasteiger partial charge on any atom is -0.437 e. The van der Waals surface area contributed by atoms with Crippen molar-refractivity contribution in [1.82, 2.24) is 15.0 Å². The molecule has 2 aromatic heterocycles. The standard InChI is InChI=1S/C14H17ClN4O/c1-4-12-18-13(17-5-2)9(3)14(19-12)20-11-6-10(15)7-16-8-11/h6-8H,4-5H2,1-3H3,(H,17,18,19). The van der Waals surface area contributed by atoms with Crippen LogP contribution >= 0.6 is 11.6 Å². The van der Waals surface area contributed by atoms with E-state index < -0.39 is 0 Å². The number of hydrogen-bond donors (Lipinski definition) is 1. The molecule has 6 heteroatoms. The first-order valence-corrected chi connectivity index (χ1v) is 6.91. The van der Waals surface area contributed by atoms with Gasteiger partial charge >= 0.3 is 0 Å². The molecule has 0 amide bonds. The van der Waals surface area contributed by atoms with E-state index in [9.17, 15) is 0 Å². The van der Waals surface area contributed by atoms with E-state index in [1.54, 1.807) is 18.5 Å². The molecule has 0 radical (unpaired) electrons. The normalized spacial score (nSPS) is 10.4. The monoisotopic (exact) mass is 292 g/mol. The van der Waals surface area contributed by atoms with Gasteiger partial charge in [-0.15, -0.1) is 0 Å². The molecule has 0 atom stereocenters. The molecule has 0 unspecified atom stereocenters. The predicted molar refractivity (Wildman–Crippen MR) is 79.6 cm³/mol. The fourth-order valence-corrected chi connectivity index (χ4v) is 1.86. The molecular weight excluding hydrogens is 276 g/mol. The molecule has 2 rings (SSSR count). The van der Waals surface area contributed by atoms with E-state index in [1.165, 1.54) is 0 Å². The summed E-state index contributed by atoms with van der Waals surface area (Å²) in [5, 5.41) is 3.74. The summed E-state index contributed by atoms with van der Waals surface area (Å²) in [5.41, 5.74) is 0.865. The van der Waals surface area contributed by atoms with Gasteiger partial charge in [0.05, 0.1) is 16.8 Å². The molecule has 0 fully saturated rings. The van der Waals surface area contributed by atoms with Gasteiger partial charge in [0, 0.05) is 25.2 Å². The lowest BCUT2D eigenvalue weighted by Gasteiger charge is -2.13. The van der Waals surface area contributed by atoms with Crippen LogP contribution in [0.25, 0.3) is 0 Å². The molecule has 0 aliphatic heterocycles. The maximum atomic E-state index is 5.90. The lowest BCUT2D eigenvalue weighted by Crippen LogP contribution is -2.07. The van der Waals surface area contributed by atoms with Gasteiger partial charge < -0.3 is 10.1 Å². The van der Waals surface area contributed by atoms with Gasteiger partial charge in [-0.1, -0.05) is 18.5 Å². The smallest absolute Gasteiger partial charge is 0.227 e. The number of halogens is 1. The molecule has 1 N–H and O–H groups in total. The summed E-state index contributed by atoms with van der Waals surface area (Å²) in [5.74, 6) is 2.61. The van der Waals surface area contributed by atoms with Gasteiger partial charge in [0.2, 0.25) is 5.88 Å². The van der Waals surface area contributed by atoms with Crippen molar-refractivity contribution in [3.05, 3.63) is 34.9 Å². The van der Waals surface area contributed by atoms with Gasteiger partial charge in [0.15, 0.2) is 0 Å². The second-order valence-electron chi connectivity index (χ2n) is 4.24. The molecule has 5 nitrogen and oxygen atoms in total. The minimum absolute atomic E-state index is 0.525. The van der Waals surface area contributed by atoms with Gasteiger partial charge in [0.25, 0.3) is 0 Å². The molecule has 2 heterocycles. The molecule has 20 heavy (non-hydrogen) atoms. The lowest BCUT2D eigenvalue weighted by molar-refractivity contribution is 0.453. The number of nitrogens with zero attached hydrogens (tertiary/aromatic N) is 3. The first-order valence-electron chi connectivity index (χ1n) is 6.53. The predicted octanol–water partition coefficient (Wildman–Crippen LogP) is 3.62. The minimum atomic E-state index is 0.525. The zero-order valence-corrected chi connectivity index (χ0v) is 12.5. The number of nitrogens with one attached hydrogen (secondary N) is 1. The molecule has 0 aromatic carbocycles. The zero-order chi connectivity index (χ0) is 14.5. The van der Waals surface area contributed by atoms with Crippen molar-refractivity contribution in [2.24, 2.45) is 0 Å². The van der Waals surface area contributed by atoms with Crippen LogP contribution in [0.3, 0.4) is 0 Å². The van der Waals surface area contributed by atoms with E-state index in [2.05, 4.69) is 20.3 Å². The summed E-state index contributed by atoms with van der Waals surface area (Å²) in [6.07, 6.45) is 3.90. The number of hydrogen-bond acceptors (Lipinski definition) is 5. The lowest BCUT2D eigenvalue weighted by atomic mass is 10.3. The first kappa shape index (κ1) is 14.5. The highest BCUT2D eigenvalue weighted by atomic mass is 35.5. The molecule has 2 aromatic rings. The van der Waals surface area contributed by atoms with Crippen LogP contribution in [0.1, 0.15) is 25.2 Å². The second kappa shape index (κ2) is 6.52. The zero-order valence-electron chi connectivity index (χ0n) is 11.8. The molecule has 0 aliphatic rings. The molecular formula is C14H17ClN4O. The van der Waals surface area contributed by atoms with Crippen molar-refractivity contribution in [2.45, 2.75) is 27.2 Å². The highest BCUT2D eigenvalue weighted by Gasteiger charge is 2.12. The Morgan fingerprint density at radius 2 is 2.05 bits per heavy atom. The molecule has 0 aliphatic carbocycles. The Kier molecular flexibility index (Phi) is 4.74. The topological polar surface area (TPSA) is 59.9 Å². The highest BCUT2D eigenvalue weighted by Crippen LogP contribution is 2.27. The van der Waals surface area contributed by atoms with E-state index in [0.717, 1.165) is 30.2 Å². The summed E-state index contributed by atoms with van der Waals surface area (Å²) >= 11 is 5.90. The van der Waals surface area contributed by atoms with Crippen LogP contribution < -0.4 is 10.1 Å². The molecule has 0 saturated carbocycles. The van der Waals surface area contributed by atoms with Crippen molar-refractivity contribution in [3.63, 3.8) is 0 Å². The van der Waals surface area contributed by atoms with E-state index >= 15 is 0 Å². The average molecular weight is 293 g/mol.